The fourth-order valence-electron chi connectivity index (χ4n) is 4.51. The molecule has 1 saturated heterocycles. The molecule has 0 unspecified atom stereocenters. The maximum atomic E-state index is 11.9. The number of piperazine rings is 1. The van der Waals surface area contributed by atoms with Crippen molar-refractivity contribution in [3.05, 3.63) is 28.2 Å². The summed E-state index contributed by atoms with van der Waals surface area (Å²) in [7, 11) is 0. The van der Waals surface area contributed by atoms with Gasteiger partial charge in [-0.15, -0.1) is 0 Å². The van der Waals surface area contributed by atoms with E-state index in [1.54, 1.807) is 6.92 Å². The summed E-state index contributed by atoms with van der Waals surface area (Å²) in [4.78, 5) is 28.1. The van der Waals surface area contributed by atoms with Gasteiger partial charge in [-0.3, -0.25) is 9.69 Å². The Kier molecular flexibility index (Phi) is 9.75. The Bertz CT molecular complexity index is 764. The van der Waals surface area contributed by atoms with E-state index >= 15 is 0 Å². The third kappa shape index (κ3) is 7.42. The van der Waals surface area contributed by atoms with Gasteiger partial charge in [-0.2, -0.15) is 0 Å². The van der Waals surface area contributed by atoms with Crippen molar-refractivity contribution in [1.82, 2.24) is 15.5 Å². The number of halogens is 2. The van der Waals surface area contributed by atoms with Gasteiger partial charge in [-0.1, -0.05) is 29.3 Å². The van der Waals surface area contributed by atoms with Crippen molar-refractivity contribution in [2.45, 2.75) is 45.1 Å². The Morgan fingerprint density at radius 3 is 2.50 bits per heavy atom. The van der Waals surface area contributed by atoms with Crippen molar-refractivity contribution < 1.29 is 14.3 Å². The summed E-state index contributed by atoms with van der Waals surface area (Å²) in [6.45, 7) is 7.05. The number of anilines is 1. The number of esters is 1. The molecule has 1 heterocycles. The molecule has 1 saturated carbocycles. The lowest BCUT2D eigenvalue weighted by atomic mass is 9.84. The molecule has 1 aromatic rings. The highest BCUT2D eigenvalue weighted by atomic mass is 35.5. The second-order valence-corrected chi connectivity index (χ2v) is 9.33. The van der Waals surface area contributed by atoms with Gasteiger partial charge in [0.2, 0.25) is 0 Å². The number of carbonyl (C=O) groups excluding carboxylic acids is 2. The molecule has 0 radical (unpaired) electrons. The van der Waals surface area contributed by atoms with Crippen LogP contribution in [0.15, 0.2) is 18.2 Å². The molecule has 0 bridgehead atoms. The first kappa shape index (κ1) is 24.9. The molecule has 2 N–H and O–H groups in total. The second-order valence-electron chi connectivity index (χ2n) is 8.54. The molecule has 1 aliphatic heterocycles. The van der Waals surface area contributed by atoms with Gasteiger partial charge in [0, 0.05) is 32.2 Å². The first-order chi connectivity index (χ1) is 15.5. The van der Waals surface area contributed by atoms with Crippen molar-refractivity contribution in [3.63, 3.8) is 0 Å². The van der Waals surface area contributed by atoms with Gasteiger partial charge < -0.3 is 20.3 Å². The number of rotatable bonds is 8. The molecule has 32 heavy (non-hydrogen) atoms. The lowest BCUT2D eigenvalue weighted by molar-refractivity contribution is -0.141. The van der Waals surface area contributed by atoms with Gasteiger partial charge in [0.05, 0.1) is 22.3 Å². The van der Waals surface area contributed by atoms with Crippen LogP contribution in [0, 0.1) is 5.92 Å². The number of ether oxygens (including phenoxy) is 1. The molecule has 0 atom stereocenters. The molecule has 7 nitrogen and oxygen atoms in total. The van der Waals surface area contributed by atoms with Gasteiger partial charge in [0.1, 0.15) is 6.54 Å². The van der Waals surface area contributed by atoms with Crippen LogP contribution in [-0.2, 0) is 9.53 Å². The minimum atomic E-state index is -0.414. The quantitative estimate of drug-likeness (QED) is 0.546. The number of hydrogen-bond donors (Lipinski definition) is 2. The molecular formula is C23H34Cl2N4O3. The summed E-state index contributed by atoms with van der Waals surface area (Å²) in [5.41, 5.74) is 1.02. The minimum absolute atomic E-state index is 0.0915. The normalized spacial score (nSPS) is 21.8. The number of hydrogen-bond acceptors (Lipinski definition) is 5. The SMILES string of the molecule is CCOC(=O)CNC(=O)N[C@H]1CC[C@H](CCN2CCN(c3cccc(Cl)c3Cl)CC2)CC1. The second kappa shape index (κ2) is 12.5. The molecule has 2 fully saturated rings. The van der Waals surface area contributed by atoms with Gasteiger partial charge >= 0.3 is 12.0 Å². The Morgan fingerprint density at radius 2 is 1.81 bits per heavy atom. The number of carbonyl (C=O) groups is 2. The van der Waals surface area contributed by atoms with Crippen LogP contribution in [0.3, 0.4) is 0 Å². The van der Waals surface area contributed by atoms with E-state index in [-0.39, 0.29) is 18.6 Å². The summed E-state index contributed by atoms with van der Waals surface area (Å²) in [6, 6.07) is 5.70. The Balaban J connectivity index is 1.30. The largest absolute Gasteiger partial charge is 0.465 e. The van der Waals surface area contributed by atoms with Crippen molar-refractivity contribution in [1.29, 1.82) is 0 Å². The van der Waals surface area contributed by atoms with Crippen LogP contribution >= 0.6 is 23.2 Å². The minimum Gasteiger partial charge on any atom is -0.465 e. The Hall–Kier alpha value is -1.70. The van der Waals surface area contributed by atoms with Crippen LogP contribution in [0.2, 0.25) is 10.0 Å². The van der Waals surface area contributed by atoms with Crippen LogP contribution in [0.5, 0.6) is 0 Å². The summed E-state index contributed by atoms with van der Waals surface area (Å²) < 4.78 is 4.81. The van der Waals surface area contributed by atoms with Gasteiger partial charge in [-0.05, 0) is 63.6 Å². The van der Waals surface area contributed by atoms with Crippen LogP contribution in [-0.4, -0.2) is 68.8 Å². The number of amides is 2. The maximum absolute atomic E-state index is 11.9. The van der Waals surface area contributed by atoms with E-state index in [0.717, 1.165) is 64.1 Å². The fourth-order valence-corrected chi connectivity index (χ4v) is 4.93. The molecule has 2 aliphatic rings. The predicted octanol–water partition coefficient (Wildman–Crippen LogP) is 3.93. The molecule has 9 heteroatoms. The molecule has 0 aromatic heterocycles. The van der Waals surface area contributed by atoms with Crippen LogP contribution in [0.4, 0.5) is 10.5 Å². The highest BCUT2D eigenvalue weighted by Crippen LogP contribution is 2.33. The maximum Gasteiger partial charge on any atom is 0.325 e. The fraction of sp³-hybridized carbons (Fsp3) is 0.652. The highest BCUT2D eigenvalue weighted by Gasteiger charge is 2.24. The van der Waals surface area contributed by atoms with Crippen LogP contribution < -0.4 is 15.5 Å². The van der Waals surface area contributed by atoms with E-state index in [1.165, 1.54) is 6.42 Å². The molecule has 3 rings (SSSR count). The summed E-state index contributed by atoms with van der Waals surface area (Å²) >= 11 is 12.5. The number of urea groups is 1. The molecule has 2 amide bonds. The van der Waals surface area contributed by atoms with Crippen LogP contribution in [0.1, 0.15) is 39.0 Å². The van der Waals surface area contributed by atoms with Crippen molar-refractivity contribution >= 4 is 40.9 Å². The monoisotopic (exact) mass is 484 g/mol. The smallest absolute Gasteiger partial charge is 0.325 e. The lowest BCUT2D eigenvalue weighted by Crippen LogP contribution is -2.47. The summed E-state index contributed by atoms with van der Waals surface area (Å²) in [5.74, 6) is 0.291. The van der Waals surface area contributed by atoms with Gasteiger partial charge in [0.25, 0.3) is 0 Å². The van der Waals surface area contributed by atoms with E-state index < -0.39 is 5.97 Å². The van der Waals surface area contributed by atoms with Crippen LogP contribution in [0.25, 0.3) is 0 Å². The number of nitrogens with one attached hydrogen (secondary N) is 2. The van der Waals surface area contributed by atoms with Crippen molar-refractivity contribution in [2.24, 2.45) is 5.92 Å². The molecule has 178 valence electrons. The highest BCUT2D eigenvalue weighted by molar-refractivity contribution is 6.43. The Labute approximate surface area is 200 Å². The van der Waals surface area contributed by atoms with E-state index in [0.29, 0.717) is 22.6 Å². The average Bonchev–Trinajstić information content (AvgIpc) is 2.80. The summed E-state index contributed by atoms with van der Waals surface area (Å²) in [5, 5.41) is 6.79. The van der Waals surface area contributed by atoms with Crippen molar-refractivity contribution in [3.8, 4) is 0 Å². The number of benzene rings is 1. The zero-order valence-electron chi connectivity index (χ0n) is 18.7. The third-order valence-corrected chi connectivity index (χ3v) is 7.19. The van der Waals surface area contributed by atoms with Crippen molar-refractivity contribution in [2.75, 3.05) is 50.8 Å². The first-order valence-corrected chi connectivity index (χ1v) is 12.3. The Morgan fingerprint density at radius 1 is 1.09 bits per heavy atom. The zero-order valence-corrected chi connectivity index (χ0v) is 20.3. The predicted molar refractivity (Wildman–Crippen MR) is 129 cm³/mol. The average molecular weight is 485 g/mol. The summed E-state index contributed by atoms with van der Waals surface area (Å²) in [6.07, 6.45) is 5.42. The molecular weight excluding hydrogens is 451 g/mol. The lowest BCUT2D eigenvalue weighted by Gasteiger charge is -2.37. The van der Waals surface area contributed by atoms with E-state index in [9.17, 15) is 9.59 Å². The molecule has 1 aliphatic carbocycles. The molecule has 1 aromatic carbocycles. The molecule has 0 spiro atoms. The van der Waals surface area contributed by atoms with Gasteiger partial charge in [0.15, 0.2) is 0 Å². The standard InChI is InChI=1S/C23H34Cl2N4O3/c1-2-32-21(30)16-26-23(31)27-18-8-6-17(7-9-18)10-11-28-12-14-29(15-13-28)20-5-3-4-19(24)22(20)25/h3-5,17-18H,2,6-16H2,1H3,(H2,26,27,31)/t17-,18-. The van der Waals surface area contributed by atoms with E-state index in [4.69, 9.17) is 27.9 Å². The number of nitrogens with zero attached hydrogens (tertiary/aromatic N) is 2. The zero-order chi connectivity index (χ0) is 22.9. The topological polar surface area (TPSA) is 73.9 Å². The van der Waals surface area contributed by atoms with Gasteiger partial charge in [-0.25, -0.2) is 4.79 Å². The third-order valence-electron chi connectivity index (χ3n) is 6.38. The van der Waals surface area contributed by atoms with E-state index in [2.05, 4.69) is 20.4 Å². The van der Waals surface area contributed by atoms with E-state index in [1.807, 2.05) is 18.2 Å². The first-order valence-electron chi connectivity index (χ1n) is 11.6.